The fraction of sp³-hybridized carbons (Fsp3) is 0.391. The van der Waals surface area contributed by atoms with Crippen LogP contribution in [0.5, 0.6) is 0 Å². The summed E-state index contributed by atoms with van der Waals surface area (Å²) in [5.41, 5.74) is 3.70. The van der Waals surface area contributed by atoms with Crippen molar-refractivity contribution in [3.8, 4) is 5.69 Å². The molecule has 2 aromatic carbocycles. The SMILES string of the molecule is Cc1nc2ccccc2n1-c1cccc(C(=O)N(C)C2CCN(C(C)C)C2I)c1. The Morgan fingerprint density at radius 1 is 1.21 bits per heavy atom. The van der Waals surface area contributed by atoms with Crippen molar-refractivity contribution in [2.75, 3.05) is 13.6 Å². The summed E-state index contributed by atoms with van der Waals surface area (Å²) in [6, 6.07) is 16.7. The number of halogens is 1. The van der Waals surface area contributed by atoms with E-state index in [1.165, 1.54) is 0 Å². The van der Waals surface area contributed by atoms with E-state index in [2.05, 4.69) is 57.0 Å². The summed E-state index contributed by atoms with van der Waals surface area (Å²) in [4.78, 5) is 22.4. The third-order valence-electron chi connectivity index (χ3n) is 5.88. The highest BCUT2D eigenvalue weighted by molar-refractivity contribution is 14.1. The molecule has 6 heteroatoms. The summed E-state index contributed by atoms with van der Waals surface area (Å²) >= 11 is 2.49. The summed E-state index contributed by atoms with van der Waals surface area (Å²) in [6.07, 6.45) is 1.01. The summed E-state index contributed by atoms with van der Waals surface area (Å²) in [5, 5.41) is 0. The summed E-state index contributed by atoms with van der Waals surface area (Å²) in [6.45, 7) is 7.47. The summed E-state index contributed by atoms with van der Waals surface area (Å²) in [7, 11) is 1.94. The molecule has 5 nitrogen and oxygen atoms in total. The van der Waals surface area contributed by atoms with Crippen molar-refractivity contribution in [1.29, 1.82) is 0 Å². The summed E-state index contributed by atoms with van der Waals surface area (Å²) in [5.74, 6) is 0.992. The number of para-hydroxylation sites is 2. The van der Waals surface area contributed by atoms with Crippen LogP contribution in [-0.4, -0.2) is 55.0 Å². The van der Waals surface area contributed by atoms with Crippen LogP contribution in [-0.2, 0) is 0 Å². The highest BCUT2D eigenvalue weighted by atomic mass is 127. The molecule has 1 saturated heterocycles. The quantitative estimate of drug-likeness (QED) is 0.297. The first kappa shape index (κ1) is 20.3. The van der Waals surface area contributed by atoms with Crippen LogP contribution in [0.15, 0.2) is 48.5 Å². The van der Waals surface area contributed by atoms with Gasteiger partial charge >= 0.3 is 0 Å². The zero-order chi connectivity index (χ0) is 20.7. The third-order valence-corrected chi connectivity index (χ3v) is 7.42. The summed E-state index contributed by atoms with van der Waals surface area (Å²) < 4.78 is 2.45. The van der Waals surface area contributed by atoms with Crippen LogP contribution in [0.1, 0.15) is 36.5 Å². The normalized spacial score (nSPS) is 19.9. The Kier molecular flexibility index (Phi) is 5.66. The van der Waals surface area contributed by atoms with Gasteiger partial charge in [-0.05, 0) is 57.5 Å². The molecule has 1 amide bonds. The largest absolute Gasteiger partial charge is 0.336 e. The minimum atomic E-state index is 0.0752. The fourth-order valence-electron chi connectivity index (χ4n) is 4.29. The van der Waals surface area contributed by atoms with Crippen LogP contribution >= 0.6 is 22.6 Å². The van der Waals surface area contributed by atoms with Crippen LogP contribution in [0.3, 0.4) is 0 Å². The number of nitrogens with zero attached hydrogens (tertiary/aromatic N) is 4. The Hall–Kier alpha value is -1.93. The number of carbonyl (C=O) groups excluding carboxylic acids is 1. The highest BCUT2D eigenvalue weighted by Gasteiger charge is 2.37. The van der Waals surface area contributed by atoms with Gasteiger partial charge in [0.1, 0.15) is 5.82 Å². The van der Waals surface area contributed by atoms with Gasteiger partial charge in [-0.15, -0.1) is 0 Å². The van der Waals surface area contributed by atoms with E-state index in [-0.39, 0.29) is 11.9 Å². The average Bonchev–Trinajstić information content (AvgIpc) is 3.26. The number of benzene rings is 2. The second-order valence-corrected chi connectivity index (χ2v) is 9.29. The number of aryl methyl sites for hydroxylation is 1. The van der Waals surface area contributed by atoms with Gasteiger partial charge in [-0.2, -0.15) is 0 Å². The molecule has 4 rings (SSSR count). The van der Waals surface area contributed by atoms with E-state index < -0.39 is 0 Å². The van der Waals surface area contributed by atoms with E-state index in [1.807, 2.05) is 61.3 Å². The lowest BCUT2D eigenvalue weighted by Gasteiger charge is -2.31. The molecule has 0 aliphatic carbocycles. The number of amides is 1. The minimum Gasteiger partial charge on any atom is -0.336 e. The van der Waals surface area contributed by atoms with Crippen molar-refractivity contribution in [2.45, 2.75) is 43.3 Å². The minimum absolute atomic E-state index is 0.0752. The molecule has 2 heterocycles. The number of hydrogen-bond donors (Lipinski definition) is 0. The first-order chi connectivity index (χ1) is 13.9. The van der Waals surface area contributed by atoms with E-state index in [4.69, 9.17) is 0 Å². The molecule has 0 saturated carbocycles. The van der Waals surface area contributed by atoms with Crippen LogP contribution in [0.25, 0.3) is 16.7 Å². The maximum absolute atomic E-state index is 13.3. The van der Waals surface area contributed by atoms with E-state index in [9.17, 15) is 4.79 Å². The van der Waals surface area contributed by atoms with Crippen molar-refractivity contribution in [3.05, 3.63) is 59.9 Å². The number of fused-ring (bicyclic) bond motifs is 1. The van der Waals surface area contributed by atoms with Crippen molar-refractivity contribution < 1.29 is 4.79 Å². The molecular formula is C23H27IN4O. The number of hydrogen-bond acceptors (Lipinski definition) is 3. The molecule has 1 fully saturated rings. The Bertz CT molecular complexity index is 1040. The van der Waals surface area contributed by atoms with Gasteiger partial charge in [-0.1, -0.05) is 40.8 Å². The van der Waals surface area contributed by atoms with Gasteiger partial charge < -0.3 is 4.90 Å². The zero-order valence-electron chi connectivity index (χ0n) is 17.3. The zero-order valence-corrected chi connectivity index (χ0v) is 19.5. The molecule has 0 spiro atoms. The predicted molar refractivity (Wildman–Crippen MR) is 126 cm³/mol. The van der Waals surface area contributed by atoms with E-state index in [0.717, 1.165) is 35.5 Å². The van der Waals surface area contributed by atoms with Gasteiger partial charge in [0.25, 0.3) is 5.91 Å². The molecule has 0 N–H and O–H groups in total. The van der Waals surface area contributed by atoms with Crippen molar-refractivity contribution in [1.82, 2.24) is 19.4 Å². The first-order valence-electron chi connectivity index (χ1n) is 10.1. The third kappa shape index (κ3) is 3.68. The monoisotopic (exact) mass is 502 g/mol. The smallest absolute Gasteiger partial charge is 0.254 e. The van der Waals surface area contributed by atoms with E-state index in [1.54, 1.807) is 0 Å². The number of alkyl halides is 1. The van der Waals surface area contributed by atoms with Gasteiger partial charge in [0.05, 0.1) is 21.1 Å². The standard InChI is InChI=1S/C23H27IN4O/c1-15(2)27-13-12-21(22(27)24)26(4)23(29)17-8-7-9-18(14-17)28-16(3)25-19-10-5-6-11-20(19)28/h5-11,14-15,21-22H,12-13H2,1-4H3. The lowest BCUT2D eigenvalue weighted by molar-refractivity contribution is 0.0726. The second-order valence-electron chi connectivity index (χ2n) is 8.01. The molecule has 29 heavy (non-hydrogen) atoms. The fourth-order valence-corrected chi connectivity index (χ4v) is 6.05. The van der Waals surface area contributed by atoms with Gasteiger partial charge in [0.15, 0.2) is 0 Å². The maximum atomic E-state index is 13.3. The van der Waals surface area contributed by atoms with Crippen LogP contribution in [0.4, 0.5) is 0 Å². The van der Waals surface area contributed by atoms with E-state index in [0.29, 0.717) is 15.7 Å². The van der Waals surface area contributed by atoms with Crippen LogP contribution in [0, 0.1) is 6.92 Å². The highest BCUT2D eigenvalue weighted by Crippen LogP contribution is 2.30. The molecule has 0 bridgehead atoms. The molecular weight excluding hydrogens is 475 g/mol. The number of aromatic nitrogens is 2. The molecule has 2 unspecified atom stereocenters. The van der Waals surface area contributed by atoms with Gasteiger partial charge in [-0.3, -0.25) is 14.3 Å². The molecule has 1 aliphatic heterocycles. The molecule has 1 aliphatic rings. The Morgan fingerprint density at radius 3 is 2.69 bits per heavy atom. The van der Waals surface area contributed by atoms with Crippen LogP contribution in [0.2, 0.25) is 0 Å². The Balaban J connectivity index is 1.63. The Morgan fingerprint density at radius 2 is 1.97 bits per heavy atom. The number of likely N-dealkylation sites (N-methyl/N-ethyl adjacent to an activating group) is 1. The molecule has 3 aromatic rings. The second kappa shape index (κ2) is 8.07. The average molecular weight is 502 g/mol. The molecule has 1 aromatic heterocycles. The van der Waals surface area contributed by atoms with Gasteiger partial charge in [0.2, 0.25) is 0 Å². The van der Waals surface area contributed by atoms with Gasteiger partial charge in [-0.25, -0.2) is 4.98 Å². The van der Waals surface area contributed by atoms with Crippen molar-refractivity contribution in [3.63, 3.8) is 0 Å². The maximum Gasteiger partial charge on any atom is 0.254 e. The molecule has 2 atom stereocenters. The van der Waals surface area contributed by atoms with Crippen molar-refractivity contribution >= 4 is 39.5 Å². The molecule has 0 radical (unpaired) electrons. The number of likely N-dealkylation sites (tertiary alicyclic amines) is 1. The van der Waals surface area contributed by atoms with Crippen LogP contribution < -0.4 is 0 Å². The predicted octanol–water partition coefficient (Wildman–Crippen LogP) is 4.65. The lowest BCUT2D eigenvalue weighted by atomic mass is 10.1. The van der Waals surface area contributed by atoms with E-state index >= 15 is 0 Å². The topological polar surface area (TPSA) is 41.4 Å². The van der Waals surface area contributed by atoms with Gasteiger partial charge in [0, 0.05) is 30.9 Å². The molecule has 152 valence electrons. The number of imidazole rings is 1. The lowest BCUT2D eigenvalue weighted by Crippen LogP contribution is -2.44. The van der Waals surface area contributed by atoms with Crippen molar-refractivity contribution in [2.24, 2.45) is 0 Å². The number of carbonyl (C=O) groups is 1. The number of rotatable bonds is 4. The Labute approximate surface area is 185 Å². The first-order valence-corrected chi connectivity index (χ1v) is 11.3.